The second kappa shape index (κ2) is 7.30. The molecule has 0 saturated heterocycles. The number of benzene rings is 3. The molecule has 0 heterocycles. The van der Waals surface area contributed by atoms with E-state index >= 15 is 0 Å². The Morgan fingerprint density at radius 1 is 0.929 bits per heavy atom. The fourth-order valence-corrected chi connectivity index (χ4v) is 3.62. The second-order valence-electron chi connectivity index (χ2n) is 6.46. The Morgan fingerprint density at radius 3 is 2.39 bits per heavy atom. The number of fused-ring (bicyclic) bond motifs is 3. The van der Waals surface area contributed by atoms with E-state index in [1.165, 1.54) is 0 Å². The highest BCUT2D eigenvalue weighted by molar-refractivity contribution is 6.35. The number of amides is 1. The van der Waals surface area contributed by atoms with Gasteiger partial charge in [0, 0.05) is 21.8 Å². The van der Waals surface area contributed by atoms with Crippen molar-refractivity contribution in [2.45, 2.75) is 13.0 Å². The van der Waals surface area contributed by atoms with Gasteiger partial charge >= 0.3 is 0 Å². The predicted molar refractivity (Wildman–Crippen MR) is 110 cm³/mol. The van der Waals surface area contributed by atoms with Crippen molar-refractivity contribution in [2.24, 2.45) is 0 Å². The average molecular weight is 412 g/mol. The number of hydrogen-bond acceptors (Lipinski definition) is 3. The van der Waals surface area contributed by atoms with Gasteiger partial charge in [-0.2, -0.15) is 0 Å². The molecule has 1 N–H and O–H groups in total. The number of carbonyl (C=O) groups excluding carboxylic acids is 2. The van der Waals surface area contributed by atoms with Crippen molar-refractivity contribution in [1.29, 1.82) is 0 Å². The molecule has 0 aliphatic heterocycles. The summed E-state index contributed by atoms with van der Waals surface area (Å²) in [5.74, 6) is -0.0267. The topological polar surface area (TPSA) is 55.4 Å². The Hall–Kier alpha value is -2.82. The molecule has 3 aromatic rings. The first-order chi connectivity index (χ1) is 13.4. The summed E-state index contributed by atoms with van der Waals surface area (Å²) in [7, 11) is 0. The van der Waals surface area contributed by atoms with Gasteiger partial charge in [0.05, 0.1) is 5.02 Å². The molecule has 0 unspecified atom stereocenters. The van der Waals surface area contributed by atoms with Crippen LogP contribution in [0.3, 0.4) is 0 Å². The van der Waals surface area contributed by atoms with Crippen LogP contribution in [0.15, 0.2) is 60.7 Å². The first kappa shape index (κ1) is 18.5. The molecule has 4 nitrogen and oxygen atoms in total. The van der Waals surface area contributed by atoms with Gasteiger partial charge in [0.2, 0.25) is 0 Å². The van der Waals surface area contributed by atoms with Crippen LogP contribution in [-0.2, 0) is 4.79 Å². The van der Waals surface area contributed by atoms with Crippen molar-refractivity contribution in [3.05, 3.63) is 81.8 Å². The SMILES string of the molecule is C[C@@H](Oc1ccc(Cl)cc1Cl)C(=O)Nc1ccc2c(c1)C(=O)c1ccccc1-2. The highest BCUT2D eigenvalue weighted by atomic mass is 35.5. The van der Waals surface area contributed by atoms with Crippen LogP contribution in [0, 0.1) is 0 Å². The third-order valence-electron chi connectivity index (χ3n) is 4.56. The largest absolute Gasteiger partial charge is 0.479 e. The molecule has 1 aliphatic rings. The van der Waals surface area contributed by atoms with E-state index in [2.05, 4.69) is 5.32 Å². The highest BCUT2D eigenvalue weighted by Gasteiger charge is 2.26. The molecule has 1 atom stereocenters. The third kappa shape index (κ3) is 3.37. The van der Waals surface area contributed by atoms with Crippen LogP contribution < -0.4 is 10.1 Å². The smallest absolute Gasteiger partial charge is 0.265 e. The first-order valence-corrected chi connectivity index (χ1v) is 9.40. The Kier molecular flexibility index (Phi) is 4.84. The van der Waals surface area contributed by atoms with Crippen molar-refractivity contribution in [2.75, 3.05) is 5.32 Å². The Labute approximate surface area is 172 Å². The molecule has 0 saturated carbocycles. The monoisotopic (exact) mass is 411 g/mol. The van der Waals surface area contributed by atoms with E-state index in [1.807, 2.05) is 30.3 Å². The predicted octanol–water partition coefficient (Wildman–Crippen LogP) is 5.61. The van der Waals surface area contributed by atoms with Crippen molar-refractivity contribution in [3.8, 4) is 16.9 Å². The van der Waals surface area contributed by atoms with E-state index in [1.54, 1.807) is 37.3 Å². The zero-order valence-electron chi connectivity index (χ0n) is 14.8. The van der Waals surface area contributed by atoms with Gasteiger partial charge in [-0.05, 0) is 48.4 Å². The summed E-state index contributed by atoms with van der Waals surface area (Å²) >= 11 is 12.0. The van der Waals surface area contributed by atoms with Crippen LogP contribution in [0.4, 0.5) is 5.69 Å². The Balaban J connectivity index is 1.50. The molecule has 1 aliphatic carbocycles. The number of ketones is 1. The van der Waals surface area contributed by atoms with Crippen molar-refractivity contribution >= 4 is 40.6 Å². The maximum absolute atomic E-state index is 12.6. The molecular formula is C22H15Cl2NO3. The number of halogens is 2. The van der Waals surface area contributed by atoms with Crippen LogP contribution in [0.5, 0.6) is 5.75 Å². The summed E-state index contributed by atoms with van der Waals surface area (Å²) < 4.78 is 5.63. The standard InChI is InChI=1S/C22H15Cl2NO3/c1-12(28-20-9-6-13(23)10-19(20)24)22(27)25-14-7-8-16-15-4-2-3-5-17(15)21(26)18(16)11-14/h2-12H,1H3,(H,25,27)/t12-/m1/s1. The average Bonchev–Trinajstić information content (AvgIpc) is 2.96. The number of carbonyl (C=O) groups is 2. The van der Waals surface area contributed by atoms with E-state index in [0.717, 1.165) is 11.1 Å². The number of hydrogen-bond donors (Lipinski definition) is 1. The van der Waals surface area contributed by atoms with Gasteiger partial charge in [-0.3, -0.25) is 9.59 Å². The molecule has 1 amide bonds. The van der Waals surface area contributed by atoms with E-state index < -0.39 is 6.10 Å². The molecule has 0 aromatic heterocycles. The van der Waals surface area contributed by atoms with Crippen LogP contribution in [0.2, 0.25) is 10.0 Å². The molecule has 3 aromatic carbocycles. The Morgan fingerprint density at radius 2 is 1.64 bits per heavy atom. The van der Waals surface area contributed by atoms with Crippen LogP contribution >= 0.6 is 23.2 Å². The molecule has 0 fully saturated rings. The summed E-state index contributed by atoms with van der Waals surface area (Å²) in [5, 5.41) is 3.60. The lowest BCUT2D eigenvalue weighted by Crippen LogP contribution is -2.30. The zero-order valence-corrected chi connectivity index (χ0v) is 16.3. The van der Waals surface area contributed by atoms with Crippen LogP contribution in [0.25, 0.3) is 11.1 Å². The summed E-state index contributed by atoms with van der Waals surface area (Å²) in [4.78, 5) is 25.1. The second-order valence-corrected chi connectivity index (χ2v) is 7.30. The van der Waals surface area contributed by atoms with Gasteiger partial charge < -0.3 is 10.1 Å². The maximum atomic E-state index is 12.6. The van der Waals surface area contributed by atoms with Crippen molar-refractivity contribution in [3.63, 3.8) is 0 Å². The molecule has 0 radical (unpaired) electrons. The quantitative estimate of drug-likeness (QED) is 0.474. The van der Waals surface area contributed by atoms with Gasteiger partial charge in [0.15, 0.2) is 11.9 Å². The lowest BCUT2D eigenvalue weighted by Gasteiger charge is -2.16. The van der Waals surface area contributed by atoms with E-state index in [9.17, 15) is 9.59 Å². The first-order valence-electron chi connectivity index (χ1n) is 8.65. The van der Waals surface area contributed by atoms with Crippen LogP contribution in [0.1, 0.15) is 22.8 Å². The summed E-state index contributed by atoms with van der Waals surface area (Å²) in [5.41, 5.74) is 3.57. The minimum Gasteiger partial charge on any atom is -0.479 e. The minimum absolute atomic E-state index is 0.0426. The Bertz CT molecular complexity index is 1110. The normalized spacial score (nSPS) is 12.9. The van der Waals surface area contributed by atoms with Gasteiger partial charge in [-0.15, -0.1) is 0 Å². The van der Waals surface area contributed by atoms with Gasteiger partial charge in [0.1, 0.15) is 5.75 Å². The van der Waals surface area contributed by atoms with Crippen molar-refractivity contribution < 1.29 is 14.3 Å². The summed E-state index contributed by atoms with van der Waals surface area (Å²) in [6.07, 6.45) is -0.792. The molecule has 140 valence electrons. The molecule has 4 rings (SSSR count). The molecular weight excluding hydrogens is 397 g/mol. The zero-order chi connectivity index (χ0) is 19.8. The van der Waals surface area contributed by atoms with Gasteiger partial charge in [-0.25, -0.2) is 0 Å². The fraction of sp³-hybridized carbons (Fsp3) is 0.0909. The lowest BCUT2D eigenvalue weighted by molar-refractivity contribution is -0.122. The summed E-state index contributed by atoms with van der Waals surface area (Å²) in [6.45, 7) is 1.62. The summed E-state index contributed by atoms with van der Waals surface area (Å²) in [6, 6.07) is 17.6. The lowest BCUT2D eigenvalue weighted by atomic mass is 10.1. The maximum Gasteiger partial charge on any atom is 0.265 e. The molecule has 28 heavy (non-hydrogen) atoms. The minimum atomic E-state index is -0.792. The number of rotatable bonds is 4. The molecule has 0 spiro atoms. The van der Waals surface area contributed by atoms with Crippen LogP contribution in [-0.4, -0.2) is 17.8 Å². The number of nitrogens with one attached hydrogen (secondary N) is 1. The molecule has 6 heteroatoms. The number of anilines is 1. The molecule has 0 bridgehead atoms. The van der Waals surface area contributed by atoms with E-state index in [4.69, 9.17) is 27.9 Å². The highest BCUT2D eigenvalue weighted by Crippen LogP contribution is 2.37. The van der Waals surface area contributed by atoms with Gasteiger partial charge in [-0.1, -0.05) is 53.5 Å². The van der Waals surface area contributed by atoms with E-state index in [-0.39, 0.29) is 11.7 Å². The third-order valence-corrected chi connectivity index (χ3v) is 5.09. The van der Waals surface area contributed by atoms with Crippen molar-refractivity contribution in [1.82, 2.24) is 0 Å². The van der Waals surface area contributed by atoms with E-state index in [0.29, 0.717) is 32.6 Å². The number of ether oxygens (including phenoxy) is 1. The van der Waals surface area contributed by atoms with Gasteiger partial charge in [0.25, 0.3) is 5.91 Å². The fourth-order valence-electron chi connectivity index (χ4n) is 3.16.